The van der Waals surface area contributed by atoms with Crippen LogP contribution in [0.2, 0.25) is 0 Å². The van der Waals surface area contributed by atoms with Gasteiger partial charge in [0.15, 0.2) is 6.04 Å². The summed E-state index contributed by atoms with van der Waals surface area (Å²) in [5, 5.41) is 11.8. The van der Waals surface area contributed by atoms with Gasteiger partial charge in [0.1, 0.15) is 5.75 Å². The fraction of sp³-hybridized carbons (Fsp3) is 0.533. The summed E-state index contributed by atoms with van der Waals surface area (Å²) in [4.78, 5) is 13.1. The van der Waals surface area contributed by atoms with E-state index in [0.717, 1.165) is 4.90 Å². The molecule has 1 unspecified atom stereocenters. The molecular formula is C15H19F3N2O3. The Morgan fingerprint density at radius 3 is 2.39 bits per heavy atom. The van der Waals surface area contributed by atoms with E-state index in [1.165, 1.54) is 31.4 Å². The maximum Gasteiger partial charge on any atom is 0.412 e. The first-order chi connectivity index (χ1) is 10.7. The zero-order valence-corrected chi connectivity index (χ0v) is 12.9. The number of halogens is 3. The van der Waals surface area contributed by atoms with Crippen LogP contribution < -0.4 is 10.1 Å². The van der Waals surface area contributed by atoms with Crippen LogP contribution in [0.1, 0.15) is 24.9 Å². The molecule has 2 rings (SSSR count). The van der Waals surface area contributed by atoms with Gasteiger partial charge in [-0.2, -0.15) is 13.2 Å². The molecule has 1 aromatic carbocycles. The first-order valence-corrected chi connectivity index (χ1v) is 7.17. The molecule has 0 radical (unpaired) electrons. The second-order valence-electron chi connectivity index (χ2n) is 5.63. The van der Waals surface area contributed by atoms with Gasteiger partial charge in [-0.3, -0.25) is 0 Å². The molecule has 8 heteroatoms. The molecule has 0 aliphatic carbocycles. The lowest BCUT2D eigenvalue weighted by Crippen LogP contribution is -2.65. The highest BCUT2D eigenvalue weighted by Crippen LogP contribution is 2.34. The van der Waals surface area contributed by atoms with Crippen molar-refractivity contribution >= 4 is 6.03 Å². The van der Waals surface area contributed by atoms with E-state index < -0.39 is 23.9 Å². The molecule has 1 fully saturated rings. The van der Waals surface area contributed by atoms with Gasteiger partial charge in [0, 0.05) is 0 Å². The molecule has 2 N–H and O–H groups in total. The van der Waals surface area contributed by atoms with E-state index >= 15 is 0 Å². The maximum absolute atomic E-state index is 13.2. The average molecular weight is 332 g/mol. The van der Waals surface area contributed by atoms with Gasteiger partial charge in [0.2, 0.25) is 0 Å². The minimum absolute atomic E-state index is 0.0303. The van der Waals surface area contributed by atoms with Crippen LogP contribution in [0.15, 0.2) is 24.3 Å². The Balaban J connectivity index is 2.09. The highest BCUT2D eigenvalue weighted by molar-refractivity contribution is 5.76. The molecule has 128 valence electrons. The van der Waals surface area contributed by atoms with Crippen molar-refractivity contribution in [3.63, 3.8) is 0 Å². The van der Waals surface area contributed by atoms with Gasteiger partial charge in [-0.1, -0.05) is 19.1 Å². The standard InChI is InChI=1S/C15H19F3N2O3/c1-3-14(22)8-20(9-14)13(21)19-12(15(16,17)18)10-4-6-11(23-2)7-5-10/h4-7,12,22H,3,8-9H2,1-2H3,(H,19,21). The molecule has 0 spiro atoms. The lowest BCUT2D eigenvalue weighted by Gasteiger charge is -2.46. The number of nitrogens with zero attached hydrogens (tertiary/aromatic N) is 1. The van der Waals surface area contributed by atoms with Crippen LogP contribution in [0.5, 0.6) is 5.75 Å². The van der Waals surface area contributed by atoms with Crippen LogP contribution in [0.25, 0.3) is 0 Å². The monoisotopic (exact) mass is 332 g/mol. The van der Waals surface area contributed by atoms with E-state index in [1.54, 1.807) is 6.92 Å². The third-order valence-corrected chi connectivity index (χ3v) is 3.96. The zero-order chi connectivity index (χ0) is 17.3. The molecule has 2 amide bonds. The molecule has 0 saturated carbocycles. The molecular weight excluding hydrogens is 313 g/mol. The number of β-amino-alcohol motifs (C(OH)–C–C–N with tert-alkyl or cyclic N) is 1. The summed E-state index contributed by atoms with van der Waals surface area (Å²) in [5.41, 5.74) is -1.08. The Bertz CT molecular complexity index is 554. The lowest BCUT2D eigenvalue weighted by molar-refractivity contribution is -0.156. The number of aliphatic hydroxyl groups is 1. The molecule has 1 aliphatic rings. The van der Waals surface area contributed by atoms with Crippen LogP contribution in [0.3, 0.4) is 0 Å². The Morgan fingerprint density at radius 2 is 1.96 bits per heavy atom. The van der Waals surface area contributed by atoms with Crippen molar-refractivity contribution in [3.8, 4) is 5.75 Å². The number of alkyl halides is 3. The summed E-state index contributed by atoms with van der Waals surface area (Å²) in [6, 6.07) is 2.36. The molecule has 0 aromatic heterocycles. The van der Waals surface area contributed by atoms with Gasteiger partial charge < -0.3 is 20.1 Å². The fourth-order valence-corrected chi connectivity index (χ4v) is 2.40. The fourth-order valence-electron chi connectivity index (χ4n) is 2.40. The summed E-state index contributed by atoms with van der Waals surface area (Å²) in [6.07, 6.45) is -4.19. The first kappa shape index (κ1) is 17.4. The van der Waals surface area contributed by atoms with Crippen molar-refractivity contribution in [2.24, 2.45) is 0 Å². The van der Waals surface area contributed by atoms with Crippen molar-refractivity contribution in [1.29, 1.82) is 0 Å². The SMILES string of the molecule is CCC1(O)CN(C(=O)NC(c2ccc(OC)cc2)C(F)(F)F)C1. The number of likely N-dealkylation sites (tertiary alicyclic amines) is 1. The highest BCUT2D eigenvalue weighted by Gasteiger charge is 2.46. The third kappa shape index (κ3) is 3.87. The van der Waals surface area contributed by atoms with Gasteiger partial charge in [0.25, 0.3) is 0 Å². The Morgan fingerprint density at radius 1 is 1.39 bits per heavy atom. The average Bonchev–Trinajstić information content (AvgIpc) is 2.48. The Labute approximate surface area is 132 Å². The van der Waals surface area contributed by atoms with Crippen molar-refractivity contribution in [1.82, 2.24) is 10.2 Å². The smallest absolute Gasteiger partial charge is 0.412 e. The Hall–Kier alpha value is -1.96. The Kier molecular flexibility index (Phi) is 4.74. The normalized spacial score (nSPS) is 18.1. The highest BCUT2D eigenvalue weighted by atomic mass is 19.4. The van der Waals surface area contributed by atoms with E-state index in [1.807, 2.05) is 5.32 Å². The minimum Gasteiger partial charge on any atom is -0.497 e. The molecule has 1 atom stereocenters. The molecule has 1 aliphatic heterocycles. The van der Waals surface area contributed by atoms with Crippen molar-refractivity contribution < 1.29 is 27.8 Å². The number of rotatable bonds is 4. The topological polar surface area (TPSA) is 61.8 Å². The molecule has 0 bridgehead atoms. The molecule has 1 heterocycles. The largest absolute Gasteiger partial charge is 0.497 e. The number of benzene rings is 1. The van der Waals surface area contributed by atoms with E-state index in [2.05, 4.69) is 0 Å². The van der Waals surface area contributed by atoms with Gasteiger partial charge in [0.05, 0.1) is 25.8 Å². The van der Waals surface area contributed by atoms with Gasteiger partial charge >= 0.3 is 12.2 Å². The van der Waals surface area contributed by atoms with Crippen LogP contribution in [0, 0.1) is 0 Å². The zero-order valence-electron chi connectivity index (χ0n) is 12.9. The second-order valence-corrected chi connectivity index (χ2v) is 5.63. The number of ether oxygens (including phenoxy) is 1. The van der Waals surface area contributed by atoms with Crippen molar-refractivity contribution in [3.05, 3.63) is 29.8 Å². The van der Waals surface area contributed by atoms with Gasteiger partial charge in [-0.15, -0.1) is 0 Å². The number of hydrogen-bond donors (Lipinski definition) is 2. The third-order valence-electron chi connectivity index (χ3n) is 3.96. The first-order valence-electron chi connectivity index (χ1n) is 7.17. The molecule has 1 aromatic rings. The van der Waals surface area contributed by atoms with Gasteiger partial charge in [-0.05, 0) is 24.1 Å². The number of methoxy groups -OCH3 is 1. The van der Waals surface area contributed by atoms with Crippen molar-refractivity contribution in [2.45, 2.75) is 31.2 Å². The van der Waals surface area contributed by atoms with Crippen LogP contribution in [-0.2, 0) is 0 Å². The van der Waals surface area contributed by atoms with Crippen LogP contribution in [-0.4, -0.2) is 48.0 Å². The van der Waals surface area contributed by atoms with E-state index in [-0.39, 0.29) is 18.7 Å². The van der Waals surface area contributed by atoms with Crippen LogP contribution in [0.4, 0.5) is 18.0 Å². The number of carbonyl (C=O) groups is 1. The lowest BCUT2D eigenvalue weighted by atomic mass is 9.92. The van der Waals surface area contributed by atoms with Gasteiger partial charge in [-0.25, -0.2) is 4.79 Å². The van der Waals surface area contributed by atoms with Crippen molar-refractivity contribution in [2.75, 3.05) is 20.2 Å². The number of urea groups is 1. The van der Waals surface area contributed by atoms with E-state index in [4.69, 9.17) is 4.74 Å². The maximum atomic E-state index is 13.2. The number of hydrogen-bond acceptors (Lipinski definition) is 3. The van der Waals surface area contributed by atoms with Crippen LogP contribution >= 0.6 is 0 Å². The summed E-state index contributed by atoms with van der Waals surface area (Å²) >= 11 is 0. The number of carbonyl (C=O) groups excluding carboxylic acids is 1. The number of amides is 2. The predicted molar refractivity (Wildman–Crippen MR) is 77.1 cm³/mol. The number of nitrogens with one attached hydrogen (secondary N) is 1. The quantitative estimate of drug-likeness (QED) is 0.890. The summed E-state index contributed by atoms with van der Waals surface area (Å²) in [6.45, 7) is 1.82. The van der Waals surface area contributed by atoms with E-state index in [9.17, 15) is 23.1 Å². The summed E-state index contributed by atoms with van der Waals surface area (Å²) in [5.74, 6) is 0.428. The molecule has 1 saturated heterocycles. The summed E-state index contributed by atoms with van der Waals surface area (Å²) in [7, 11) is 1.41. The molecule has 23 heavy (non-hydrogen) atoms. The molecule has 5 nitrogen and oxygen atoms in total. The second kappa shape index (κ2) is 6.27. The summed E-state index contributed by atoms with van der Waals surface area (Å²) < 4.78 is 44.6. The predicted octanol–water partition coefficient (Wildman–Crippen LogP) is 2.46. The van der Waals surface area contributed by atoms with E-state index in [0.29, 0.717) is 12.2 Å². The minimum atomic E-state index is -4.63.